The van der Waals surface area contributed by atoms with Gasteiger partial charge in [-0.1, -0.05) is 16.8 Å². The van der Waals surface area contributed by atoms with Crippen LogP contribution in [0.2, 0.25) is 5.02 Å². The second-order valence-electron chi connectivity index (χ2n) is 3.98. The number of rotatable bonds is 3. The van der Waals surface area contributed by atoms with E-state index in [2.05, 4.69) is 10.1 Å². The highest BCUT2D eigenvalue weighted by Crippen LogP contribution is 2.30. The summed E-state index contributed by atoms with van der Waals surface area (Å²) in [6.07, 6.45) is 1.41. The second-order valence-corrected chi connectivity index (χ2v) is 4.35. The molecule has 20 heavy (non-hydrogen) atoms. The molecule has 2 rings (SSSR count). The molecule has 0 aliphatic heterocycles. The summed E-state index contributed by atoms with van der Waals surface area (Å²) in [5, 5.41) is 11.6. The standard InChI is InChI=1S/C13H11ClFN3O2/c1-7-6-8(2-3-10(7)15)20-13-11(14)9(4-5-17-13)12(16)18-19/h2-6,19H,1H3,(H2,16,18). The van der Waals surface area contributed by atoms with Crippen molar-refractivity contribution in [1.29, 1.82) is 0 Å². The van der Waals surface area contributed by atoms with Crippen molar-refractivity contribution < 1.29 is 14.3 Å². The highest BCUT2D eigenvalue weighted by molar-refractivity contribution is 6.35. The van der Waals surface area contributed by atoms with Crippen molar-refractivity contribution in [3.8, 4) is 11.6 Å². The molecule has 0 saturated heterocycles. The van der Waals surface area contributed by atoms with Crippen molar-refractivity contribution in [2.24, 2.45) is 10.9 Å². The van der Waals surface area contributed by atoms with Crippen LogP contribution in [0.4, 0.5) is 4.39 Å². The first-order valence-electron chi connectivity index (χ1n) is 5.59. The third-order valence-electron chi connectivity index (χ3n) is 2.58. The Labute approximate surface area is 119 Å². The van der Waals surface area contributed by atoms with E-state index in [1.54, 1.807) is 6.92 Å². The van der Waals surface area contributed by atoms with Crippen LogP contribution >= 0.6 is 11.6 Å². The number of nitrogens with zero attached hydrogens (tertiary/aromatic N) is 2. The van der Waals surface area contributed by atoms with Crippen LogP contribution in [0.25, 0.3) is 0 Å². The summed E-state index contributed by atoms with van der Waals surface area (Å²) in [6.45, 7) is 1.62. The third kappa shape index (κ3) is 2.80. The summed E-state index contributed by atoms with van der Waals surface area (Å²) in [5.74, 6) is -0.0175. The fourth-order valence-electron chi connectivity index (χ4n) is 1.54. The molecule has 0 aliphatic rings. The van der Waals surface area contributed by atoms with Crippen molar-refractivity contribution in [3.05, 3.63) is 52.4 Å². The van der Waals surface area contributed by atoms with Gasteiger partial charge in [0.15, 0.2) is 5.84 Å². The van der Waals surface area contributed by atoms with Gasteiger partial charge in [0.2, 0.25) is 5.88 Å². The molecule has 0 aliphatic carbocycles. The number of amidine groups is 1. The van der Waals surface area contributed by atoms with Crippen LogP contribution in [-0.4, -0.2) is 16.0 Å². The molecule has 5 nitrogen and oxygen atoms in total. The zero-order chi connectivity index (χ0) is 14.7. The number of halogens is 2. The van der Waals surface area contributed by atoms with Crippen LogP contribution in [0.1, 0.15) is 11.1 Å². The Kier molecular flexibility index (Phi) is 4.05. The van der Waals surface area contributed by atoms with Crippen molar-refractivity contribution in [3.63, 3.8) is 0 Å². The number of pyridine rings is 1. The molecule has 2 aromatic rings. The molecule has 0 radical (unpaired) electrons. The Hall–Kier alpha value is -2.34. The molecule has 0 saturated carbocycles. The van der Waals surface area contributed by atoms with Crippen molar-refractivity contribution in [1.82, 2.24) is 4.98 Å². The van der Waals surface area contributed by atoms with E-state index in [9.17, 15) is 4.39 Å². The van der Waals surface area contributed by atoms with Gasteiger partial charge < -0.3 is 15.7 Å². The molecule has 3 N–H and O–H groups in total. The van der Waals surface area contributed by atoms with Crippen LogP contribution < -0.4 is 10.5 Å². The smallest absolute Gasteiger partial charge is 0.238 e. The Morgan fingerprint density at radius 3 is 2.85 bits per heavy atom. The fraction of sp³-hybridized carbons (Fsp3) is 0.0769. The Balaban J connectivity index is 2.36. The van der Waals surface area contributed by atoms with Gasteiger partial charge in [-0.25, -0.2) is 9.37 Å². The quantitative estimate of drug-likeness (QED) is 0.395. The highest BCUT2D eigenvalue weighted by Gasteiger charge is 2.13. The first-order valence-corrected chi connectivity index (χ1v) is 5.97. The number of oxime groups is 1. The molecular weight excluding hydrogens is 285 g/mol. The number of ether oxygens (including phenoxy) is 1. The molecule has 104 valence electrons. The Morgan fingerprint density at radius 1 is 1.45 bits per heavy atom. The summed E-state index contributed by atoms with van der Waals surface area (Å²) in [5.41, 5.74) is 6.21. The van der Waals surface area contributed by atoms with Crippen LogP contribution in [-0.2, 0) is 0 Å². The van der Waals surface area contributed by atoms with E-state index >= 15 is 0 Å². The van der Waals surface area contributed by atoms with Crippen molar-refractivity contribution in [2.45, 2.75) is 6.92 Å². The third-order valence-corrected chi connectivity index (χ3v) is 2.95. The molecular formula is C13H11ClFN3O2. The molecule has 0 fully saturated rings. The molecule has 1 aromatic carbocycles. The number of benzene rings is 1. The van der Waals surface area contributed by atoms with Gasteiger partial charge in [-0.3, -0.25) is 0 Å². The van der Waals surface area contributed by atoms with E-state index in [4.69, 9.17) is 27.3 Å². The Morgan fingerprint density at radius 2 is 2.20 bits per heavy atom. The molecule has 0 bridgehead atoms. The number of hydrogen-bond acceptors (Lipinski definition) is 4. The van der Waals surface area contributed by atoms with E-state index in [1.807, 2.05) is 0 Å². The van der Waals surface area contributed by atoms with E-state index in [0.717, 1.165) is 0 Å². The average Bonchev–Trinajstić information content (AvgIpc) is 2.44. The van der Waals surface area contributed by atoms with Gasteiger partial charge in [0.25, 0.3) is 0 Å². The molecule has 0 amide bonds. The topological polar surface area (TPSA) is 80.7 Å². The lowest BCUT2D eigenvalue weighted by Gasteiger charge is -2.09. The van der Waals surface area contributed by atoms with E-state index in [-0.39, 0.29) is 28.1 Å². The summed E-state index contributed by atoms with van der Waals surface area (Å²) < 4.78 is 18.7. The zero-order valence-corrected chi connectivity index (χ0v) is 11.2. The summed E-state index contributed by atoms with van der Waals surface area (Å²) in [6, 6.07) is 5.74. The molecule has 1 aromatic heterocycles. The van der Waals surface area contributed by atoms with E-state index in [1.165, 1.54) is 30.5 Å². The number of nitrogens with two attached hydrogens (primary N) is 1. The lowest BCUT2D eigenvalue weighted by molar-refractivity contribution is 0.318. The predicted octanol–water partition coefficient (Wildman–Crippen LogP) is 3.07. The number of hydrogen-bond donors (Lipinski definition) is 2. The molecule has 1 heterocycles. The predicted molar refractivity (Wildman–Crippen MR) is 73.0 cm³/mol. The minimum atomic E-state index is -0.332. The molecule has 0 atom stereocenters. The Bertz CT molecular complexity index is 677. The van der Waals surface area contributed by atoms with Crippen LogP contribution in [0.15, 0.2) is 35.6 Å². The average molecular weight is 296 g/mol. The van der Waals surface area contributed by atoms with Crippen molar-refractivity contribution in [2.75, 3.05) is 0 Å². The van der Waals surface area contributed by atoms with Crippen LogP contribution in [0.3, 0.4) is 0 Å². The number of aromatic nitrogens is 1. The van der Waals surface area contributed by atoms with E-state index < -0.39 is 0 Å². The largest absolute Gasteiger partial charge is 0.438 e. The van der Waals surface area contributed by atoms with Gasteiger partial charge in [-0.2, -0.15) is 0 Å². The summed E-state index contributed by atoms with van der Waals surface area (Å²) in [7, 11) is 0. The first-order chi connectivity index (χ1) is 9.52. The fourth-order valence-corrected chi connectivity index (χ4v) is 1.79. The SMILES string of the molecule is Cc1cc(Oc2nccc(/C(N)=N/O)c2Cl)ccc1F. The monoisotopic (exact) mass is 295 g/mol. The van der Waals surface area contributed by atoms with Crippen LogP contribution in [0.5, 0.6) is 11.6 Å². The van der Waals surface area contributed by atoms with Gasteiger partial charge in [-0.15, -0.1) is 0 Å². The van der Waals surface area contributed by atoms with Crippen molar-refractivity contribution >= 4 is 17.4 Å². The minimum absolute atomic E-state index is 0.0850. The molecule has 0 unspecified atom stereocenters. The summed E-state index contributed by atoms with van der Waals surface area (Å²) >= 11 is 6.07. The highest BCUT2D eigenvalue weighted by atomic mass is 35.5. The van der Waals surface area contributed by atoms with Gasteiger partial charge in [0, 0.05) is 11.8 Å². The van der Waals surface area contributed by atoms with Crippen LogP contribution in [0, 0.1) is 12.7 Å². The zero-order valence-electron chi connectivity index (χ0n) is 10.5. The van der Waals surface area contributed by atoms with Gasteiger partial charge in [-0.05, 0) is 36.8 Å². The van der Waals surface area contributed by atoms with Gasteiger partial charge in [0.05, 0.1) is 0 Å². The molecule has 0 spiro atoms. The van der Waals surface area contributed by atoms with E-state index in [0.29, 0.717) is 11.3 Å². The normalized spacial score (nSPS) is 11.4. The maximum atomic E-state index is 13.2. The maximum Gasteiger partial charge on any atom is 0.238 e. The van der Waals surface area contributed by atoms with Gasteiger partial charge in [0.1, 0.15) is 16.6 Å². The second kappa shape index (κ2) is 5.75. The summed E-state index contributed by atoms with van der Waals surface area (Å²) in [4.78, 5) is 3.96. The first kappa shape index (κ1) is 14.1. The maximum absolute atomic E-state index is 13.2. The lowest BCUT2D eigenvalue weighted by Crippen LogP contribution is -2.14. The lowest BCUT2D eigenvalue weighted by atomic mass is 10.2. The molecule has 7 heteroatoms. The number of aryl methyl sites for hydroxylation is 1. The minimum Gasteiger partial charge on any atom is -0.438 e. The van der Waals surface area contributed by atoms with Gasteiger partial charge >= 0.3 is 0 Å².